The van der Waals surface area contributed by atoms with E-state index >= 15 is 0 Å². The van der Waals surface area contributed by atoms with Crippen molar-refractivity contribution >= 4 is 17.5 Å². The van der Waals surface area contributed by atoms with Gasteiger partial charge >= 0.3 is 0 Å². The lowest BCUT2D eigenvalue weighted by Gasteiger charge is -2.10. The molecule has 0 aliphatic carbocycles. The third-order valence-electron chi connectivity index (χ3n) is 4.01. The number of benzene rings is 2. The van der Waals surface area contributed by atoms with Crippen molar-refractivity contribution in [2.75, 3.05) is 5.75 Å². The van der Waals surface area contributed by atoms with Crippen molar-refractivity contribution in [3.05, 3.63) is 90.8 Å². The van der Waals surface area contributed by atoms with Crippen LogP contribution in [0.25, 0.3) is 17.1 Å². The highest BCUT2D eigenvalue weighted by atomic mass is 32.2. The lowest BCUT2D eigenvalue weighted by molar-refractivity contribution is 0.102. The molecular weight excluding hydrogens is 380 g/mol. The topological polar surface area (TPSA) is 60.7 Å². The van der Waals surface area contributed by atoms with Crippen LogP contribution in [0.15, 0.2) is 90.3 Å². The van der Waals surface area contributed by atoms with Gasteiger partial charge in [-0.1, -0.05) is 74.1 Å². The van der Waals surface area contributed by atoms with Crippen LogP contribution < -0.4 is 0 Å². The summed E-state index contributed by atoms with van der Waals surface area (Å²) >= 11 is 1.38. The van der Waals surface area contributed by atoms with Crippen LogP contribution in [0, 0.1) is 0 Å². The Morgan fingerprint density at radius 1 is 0.862 bits per heavy atom. The maximum atomic E-state index is 12.5. The Kier molecular flexibility index (Phi) is 7.30. The highest BCUT2D eigenvalue weighted by Crippen LogP contribution is 2.28. The first kappa shape index (κ1) is 20.5. The van der Waals surface area contributed by atoms with Crippen LogP contribution >= 0.6 is 11.8 Å². The molecule has 0 saturated heterocycles. The fourth-order valence-corrected chi connectivity index (χ4v) is 3.55. The predicted molar refractivity (Wildman–Crippen MR) is 117 cm³/mol. The lowest BCUT2D eigenvalue weighted by Crippen LogP contribution is -2.04. The Hall–Kier alpha value is -3.25. The SMILES string of the molecule is CC.O=C(CSc1nnc(-c2ccncc2)n1-c1ccccc1)c1ccccc1. The van der Waals surface area contributed by atoms with Gasteiger partial charge in [-0.15, -0.1) is 10.2 Å². The first-order valence-electron chi connectivity index (χ1n) is 9.45. The second-order valence-electron chi connectivity index (χ2n) is 5.79. The largest absolute Gasteiger partial charge is 0.293 e. The number of carbonyl (C=O) groups excluding carboxylic acids is 1. The molecule has 0 aliphatic heterocycles. The van der Waals surface area contributed by atoms with Gasteiger partial charge in [-0.3, -0.25) is 14.3 Å². The van der Waals surface area contributed by atoms with Crippen LogP contribution in [0.4, 0.5) is 0 Å². The van der Waals surface area contributed by atoms with Crippen molar-refractivity contribution in [2.24, 2.45) is 0 Å². The van der Waals surface area contributed by atoms with E-state index in [1.54, 1.807) is 12.4 Å². The van der Waals surface area contributed by atoms with Crippen molar-refractivity contribution in [3.8, 4) is 17.1 Å². The number of rotatable bonds is 6. The van der Waals surface area contributed by atoms with Crippen LogP contribution in [-0.4, -0.2) is 31.3 Å². The Bertz CT molecular complexity index is 1030. The van der Waals surface area contributed by atoms with Crippen LogP contribution in [0.3, 0.4) is 0 Å². The molecular formula is C23H22N4OS. The molecule has 0 radical (unpaired) electrons. The van der Waals surface area contributed by atoms with E-state index in [0.717, 1.165) is 17.1 Å². The number of carbonyl (C=O) groups is 1. The van der Waals surface area contributed by atoms with E-state index in [9.17, 15) is 4.79 Å². The van der Waals surface area contributed by atoms with Gasteiger partial charge in [0.1, 0.15) is 0 Å². The van der Waals surface area contributed by atoms with Crippen molar-refractivity contribution in [1.82, 2.24) is 19.7 Å². The molecule has 0 saturated carbocycles. The average Bonchev–Trinajstić information content (AvgIpc) is 3.24. The molecule has 0 spiro atoms. The molecule has 0 amide bonds. The standard InChI is InChI=1S/C21H16N4OS.C2H6/c26-19(16-7-3-1-4-8-16)15-27-21-24-23-20(17-11-13-22-14-12-17)25(21)18-9-5-2-6-10-18;1-2/h1-14H,15H2;1-2H3. The van der Waals surface area contributed by atoms with Crippen LogP contribution in [0.1, 0.15) is 24.2 Å². The molecule has 2 aromatic heterocycles. The number of nitrogens with zero attached hydrogens (tertiary/aromatic N) is 4. The minimum Gasteiger partial charge on any atom is -0.293 e. The first-order valence-corrected chi connectivity index (χ1v) is 10.4. The van der Waals surface area contributed by atoms with Crippen LogP contribution in [-0.2, 0) is 0 Å². The monoisotopic (exact) mass is 402 g/mol. The van der Waals surface area contributed by atoms with Gasteiger partial charge in [0.25, 0.3) is 0 Å². The summed E-state index contributed by atoms with van der Waals surface area (Å²) in [4.78, 5) is 16.5. The Morgan fingerprint density at radius 2 is 1.48 bits per heavy atom. The fraction of sp³-hybridized carbons (Fsp3) is 0.130. The second-order valence-corrected chi connectivity index (χ2v) is 6.73. The van der Waals surface area contributed by atoms with Gasteiger partial charge in [-0.2, -0.15) is 0 Å². The number of ketones is 1. The number of pyridine rings is 1. The summed E-state index contributed by atoms with van der Waals surface area (Å²) in [5.74, 6) is 1.08. The molecule has 0 atom stereocenters. The molecule has 4 aromatic rings. The van der Waals surface area contributed by atoms with E-state index < -0.39 is 0 Å². The van der Waals surface area contributed by atoms with Crippen LogP contribution in [0.5, 0.6) is 0 Å². The molecule has 6 heteroatoms. The molecule has 5 nitrogen and oxygen atoms in total. The molecule has 146 valence electrons. The zero-order chi connectivity index (χ0) is 20.5. The van der Waals surface area contributed by atoms with Gasteiger partial charge in [0.05, 0.1) is 5.75 Å². The normalized spacial score (nSPS) is 10.1. The van der Waals surface area contributed by atoms with Gasteiger partial charge in [-0.05, 0) is 24.3 Å². The molecule has 29 heavy (non-hydrogen) atoms. The fourth-order valence-electron chi connectivity index (χ4n) is 2.70. The highest BCUT2D eigenvalue weighted by molar-refractivity contribution is 7.99. The number of Topliss-reactive ketones (excluding diaryl/α,β-unsaturated/α-hetero) is 1. The number of para-hydroxylation sites is 1. The van der Waals surface area contributed by atoms with E-state index in [2.05, 4.69) is 15.2 Å². The lowest BCUT2D eigenvalue weighted by atomic mass is 10.2. The summed E-state index contributed by atoms with van der Waals surface area (Å²) in [7, 11) is 0. The Balaban J connectivity index is 0.00000117. The summed E-state index contributed by atoms with van der Waals surface area (Å²) in [6, 6.07) is 23.0. The molecule has 4 rings (SSSR count). The maximum Gasteiger partial charge on any atom is 0.196 e. The maximum absolute atomic E-state index is 12.5. The molecule has 2 heterocycles. The summed E-state index contributed by atoms with van der Waals surface area (Å²) in [5.41, 5.74) is 2.57. The van der Waals surface area contributed by atoms with Gasteiger partial charge in [0, 0.05) is 29.2 Å². The molecule has 0 N–H and O–H groups in total. The van der Waals surface area contributed by atoms with Gasteiger partial charge in [0.15, 0.2) is 16.8 Å². The van der Waals surface area contributed by atoms with E-state index in [4.69, 9.17) is 0 Å². The first-order chi connectivity index (χ1) is 14.3. The van der Waals surface area contributed by atoms with E-state index in [-0.39, 0.29) is 5.78 Å². The third kappa shape index (κ3) is 4.97. The van der Waals surface area contributed by atoms with Crippen molar-refractivity contribution in [1.29, 1.82) is 0 Å². The number of hydrogen-bond donors (Lipinski definition) is 0. The minimum absolute atomic E-state index is 0.0636. The minimum atomic E-state index is 0.0636. The van der Waals surface area contributed by atoms with Gasteiger partial charge in [0.2, 0.25) is 0 Å². The zero-order valence-electron chi connectivity index (χ0n) is 16.4. The highest BCUT2D eigenvalue weighted by Gasteiger charge is 2.17. The quantitative estimate of drug-likeness (QED) is 0.322. The predicted octanol–water partition coefficient (Wildman–Crippen LogP) is 5.33. The second kappa shape index (κ2) is 10.3. The Morgan fingerprint density at radius 3 is 2.14 bits per heavy atom. The molecule has 0 aliphatic rings. The summed E-state index contributed by atoms with van der Waals surface area (Å²) in [6.07, 6.45) is 3.45. The number of thioether (sulfide) groups is 1. The molecule has 0 fully saturated rings. The van der Waals surface area contributed by atoms with E-state index in [0.29, 0.717) is 16.5 Å². The van der Waals surface area contributed by atoms with Gasteiger partial charge < -0.3 is 0 Å². The smallest absolute Gasteiger partial charge is 0.196 e. The van der Waals surface area contributed by atoms with E-state index in [1.165, 1.54) is 11.8 Å². The molecule has 2 aromatic carbocycles. The van der Waals surface area contributed by atoms with Crippen LogP contribution in [0.2, 0.25) is 0 Å². The molecule has 0 unspecified atom stereocenters. The Labute approximate surface area is 174 Å². The van der Waals surface area contributed by atoms with E-state index in [1.807, 2.05) is 91.2 Å². The third-order valence-corrected chi connectivity index (χ3v) is 4.94. The van der Waals surface area contributed by atoms with Crippen molar-refractivity contribution in [3.63, 3.8) is 0 Å². The summed E-state index contributed by atoms with van der Waals surface area (Å²) < 4.78 is 1.97. The zero-order valence-corrected chi connectivity index (χ0v) is 17.2. The average molecular weight is 403 g/mol. The summed E-state index contributed by atoms with van der Waals surface area (Å²) in [6.45, 7) is 4.00. The van der Waals surface area contributed by atoms with Gasteiger partial charge in [-0.25, -0.2) is 0 Å². The van der Waals surface area contributed by atoms with Crippen molar-refractivity contribution in [2.45, 2.75) is 19.0 Å². The molecule has 0 bridgehead atoms. The van der Waals surface area contributed by atoms with Crippen molar-refractivity contribution < 1.29 is 4.79 Å². The number of hydrogen-bond acceptors (Lipinski definition) is 5. The summed E-state index contributed by atoms with van der Waals surface area (Å²) in [5, 5.41) is 9.38. The number of aromatic nitrogens is 4.